The second kappa shape index (κ2) is 11.7. The number of rotatable bonds is 7. The molecule has 1 aromatic heterocycles. The van der Waals surface area contributed by atoms with Crippen LogP contribution in [0.5, 0.6) is 0 Å². The standard InChI is InChI=1S/C18H33N5O2.HI/c1-6-24-13(4)17-22-16(25-23-17)11-20-18(19-5)21-15-9-7-14(8-10-15)12(2)3;/h12-15H,6-11H2,1-5H3,(H2,19,20,21);1H. The van der Waals surface area contributed by atoms with Crippen LogP contribution >= 0.6 is 24.0 Å². The van der Waals surface area contributed by atoms with E-state index in [4.69, 9.17) is 9.26 Å². The molecule has 0 amide bonds. The third-order valence-electron chi connectivity index (χ3n) is 4.95. The lowest BCUT2D eigenvalue weighted by Gasteiger charge is -2.32. The molecular weight excluding hydrogens is 445 g/mol. The summed E-state index contributed by atoms with van der Waals surface area (Å²) in [5.74, 6) is 3.54. The van der Waals surface area contributed by atoms with Crippen LogP contribution in [0.2, 0.25) is 0 Å². The van der Waals surface area contributed by atoms with Crippen molar-refractivity contribution in [1.82, 2.24) is 20.8 Å². The molecule has 1 aliphatic rings. The molecule has 8 heteroatoms. The van der Waals surface area contributed by atoms with E-state index in [1.807, 2.05) is 13.8 Å². The van der Waals surface area contributed by atoms with Crippen molar-refractivity contribution >= 4 is 29.9 Å². The second-order valence-corrected chi connectivity index (χ2v) is 7.07. The number of aromatic nitrogens is 2. The fraction of sp³-hybridized carbons (Fsp3) is 0.833. The van der Waals surface area contributed by atoms with Gasteiger partial charge in [0.1, 0.15) is 6.10 Å². The quantitative estimate of drug-likeness (QED) is 0.353. The molecular formula is C18H34IN5O2. The Morgan fingerprint density at radius 1 is 1.27 bits per heavy atom. The smallest absolute Gasteiger partial charge is 0.246 e. The number of ether oxygens (including phenoxy) is 1. The molecule has 1 fully saturated rings. The Balaban J connectivity index is 0.00000338. The molecule has 2 rings (SSSR count). The van der Waals surface area contributed by atoms with Crippen molar-refractivity contribution < 1.29 is 9.26 Å². The van der Waals surface area contributed by atoms with Crippen LogP contribution in [0.3, 0.4) is 0 Å². The van der Waals surface area contributed by atoms with E-state index in [0.717, 1.165) is 17.8 Å². The Bertz CT molecular complexity index is 541. The maximum atomic E-state index is 5.47. The lowest BCUT2D eigenvalue weighted by Crippen LogP contribution is -2.44. The second-order valence-electron chi connectivity index (χ2n) is 7.07. The third-order valence-corrected chi connectivity index (χ3v) is 4.95. The molecule has 2 N–H and O–H groups in total. The van der Waals surface area contributed by atoms with Crippen molar-refractivity contribution in [3.05, 3.63) is 11.7 Å². The zero-order valence-electron chi connectivity index (χ0n) is 16.6. The summed E-state index contributed by atoms with van der Waals surface area (Å²) in [5, 5.41) is 10.7. The molecule has 0 radical (unpaired) electrons. The first-order chi connectivity index (χ1) is 12.0. The van der Waals surface area contributed by atoms with Crippen molar-refractivity contribution in [3.63, 3.8) is 0 Å². The zero-order chi connectivity index (χ0) is 18.2. The first-order valence-corrected chi connectivity index (χ1v) is 9.44. The first-order valence-electron chi connectivity index (χ1n) is 9.44. The van der Waals surface area contributed by atoms with E-state index in [9.17, 15) is 0 Å². The van der Waals surface area contributed by atoms with Crippen molar-refractivity contribution in [3.8, 4) is 0 Å². The minimum absolute atomic E-state index is 0. The van der Waals surface area contributed by atoms with Crippen molar-refractivity contribution in [2.75, 3.05) is 13.7 Å². The Morgan fingerprint density at radius 3 is 2.54 bits per heavy atom. The summed E-state index contributed by atoms with van der Waals surface area (Å²) in [4.78, 5) is 8.67. The number of nitrogens with one attached hydrogen (secondary N) is 2. The number of guanidine groups is 1. The van der Waals surface area contributed by atoms with Crippen LogP contribution in [0.1, 0.15) is 71.2 Å². The highest BCUT2D eigenvalue weighted by molar-refractivity contribution is 14.0. The lowest BCUT2D eigenvalue weighted by atomic mass is 9.80. The Hall–Kier alpha value is -0.900. The minimum atomic E-state index is -0.156. The molecule has 0 aromatic carbocycles. The van der Waals surface area contributed by atoms with Gasteiger partial charge in [-0.05, 0) is 51.4 Å². The van der Waals surface area contributed by atoms with Crippen LogP contribution in [0, 0.1) is 11.8 Å². The van der Waals surface area contributed by atoms with Gasteiger partial charge in [0.2, 0.25) is 5.89 Å². The molecule has 1 unspecified atom stereocenters. The van der Waals surface area contributed by atoms with Crippen molar-refractivity contribution in [2.24, 2.45) is 16.8 Å². The summed E-state index contributed by atoms with van der Waals surface area (Å²) in [6, 6.07) is 0.484. The highest BCUT2D eigenvalue weighted by Gasteiger charge is 2.23. The fourth-order valence-corrected chi connectivity index (χ4v) is 3.31. The first kappa shape index (κ1) is 23.1. The van der Waals surface area contributed by atoms with Crippen molar-refractivity contribution in [1.29, 1.82) is 0 Å². The van der Waals surface area contributed by atoms with Crippen LogP contribution in [-0.2, 0) is 11.3 Å². The van der Waals surface area contributed by atoms with Gasteiger partial charge in [-0.3, -0.25) is 4.99 Å². The van der Waals surface area contributed by atoms with E-state index < -0.39 is 0 Å². The summed E-state index contributed by atoms with van der Waals surface area (Å²) < 4.78 is 10.7. The molecule has 0 bridgehead atoms. The number of hydrogen-bond acceptors (Lipinski definition) is 5. The van der Waals surface area contributed by atoms with Gasteiger partial charge in [0.15, 0.2) is 11.8 Å². The van der Waals surface area contributed by atoms with Gasteiger partial charge in [0, 0.05) is 19.7 Å². The molecule has 1 aromatic rings. The van der Waals surface area contributed by atoms with Gasteiger partial charge in [0.25, 0.3) is 0 Å². The predicted molar refractivity (Wildman–Crippen MR) is 114 cm³/mol. The average Bonchev–Trinajstić information content (AvgIpc) is 3.08. The van der Waals surface area contributed by atoms with E-state index in [0.29, 0.717) is 30.9 Å². The van der Waals surface area contributed by atoms with E-state index in [1.165, 1.54) is 25.7 Å². The normalized spacial score (nSPS) is 22.0. The summed E-state index contributed by atoms with van der Waals surface area (Å²) in [6.07, 6.45) is 4.81. The highest BCUT2D eigenvalue weighted by Crippen LogP contribution is 2.29. The molecule has 1 atom stereocenters. The molecule has 150 valence electrons. The van der Waals surface area contributed by atoms with E-state index in [1.54, 1.807) is 7.05 Å². The maximum Gasteiger partial charge on any atom is 0.246 e. The van der Waals surface area contributed by atoms with Gasteiger partial charge in [-0.15, -0.1) is 24.0 Å². The van der Waals surface area contributed by atoms with Gasteiger partial charge >= 0.3 is 0 Å². The third kappa shape index (κ3) is 7.02. The molecule has 1 saturated carbocycles. The molecule has 7 nitrogen and oxygen atoms in total. The molecule has 0 spiro atoms. The number of halogens is 1. The highest BCUT2D eigenvalue weighted by atomic mass is 127. The summed E-state index contributed by atoms with van der Waals surface area (Å²) in [7, 11) is 1.78. The van der Waals surface area contributed by atoms with E-state index in [-0.39, 0.29) is 30.1 Å². The lowest BCUT2D eigenvalue weighted by molar-refractivity contribution is 0.0683. The Kier molecular flexibility index (Phi) is 10.4. The van der Waals surface area contributed by atoms with Crippen LogP contribution < -0.4 is 10.6 Å². The molecule has 1 aliphatic carbocycles. The van der Waals surface area contributed by atoms with Gasteiger partial charge in [0.05, 0.1) is 6.54 Å². The largest absolute Gasteiger partial charge is 0.371 e. The summed E-state index contributed by atoms with van der Waals surface area (Å²) in [6.45, 7) is 9.59. The van der Waals surface area contributed by atoms with Gasteiger partial charge < -0.3 is 19.9 Å². The van der Waals surface area contributed by atoms with Gasteiger partial charge in [-0.2, -0.15) is 4.98 Å². The van der Waals surface area contributed by atoms with Crippen LogP contribution in [0.25, 0.3) is 0 Å². The summed E-state index contributed by atoms with van der Waals surface area (Å²) >= 11 is 0. The molecule has 1 heterocycles. The van der Waals surface area contributed by atoms with Crippen LogP contribution in [-0.4, -0.2) is 35.8 Å². The van der Waals surface area contributed by atoms with Gasteiger partial charge in [-0.1, -0.05) is 19.0 Å². The van der Waals surface area contributed by atoms with Crippen LogP contribution in [0.15, 0.2) is 9.52 Å². The topological polar surface area (TPSA) is 84.6 Å². The molecule has 0 aliphatic heterocycles. The molecule has 26 heavy (non-hydrogen) atoms. The monoisotopic (exact) mass is 479 g/mol. The predicted octanol–water partition coefficient (Wildman–Crippen LogP) is 3.66. The Morgan fingerprint density at radius 2 is 1.96 bits per heavy atom. The maximum absolute atomic E-state index is 5.47. The van der Waals surface area contributed by atoms with E-state index >= 15 is 0 Å². The zero-order valence-corrected chi connectivity index (χ0v) is 18.9. The van der Waals surface area contributed by atoms with Gasteiger partial charge in [-0.25, -0.2) is 0 Å². The minimum Gasteiger partial charge on any atom is -0.371 e. The summed E-state index contributed by atoms with van der Waals surface area (Å²) in [5.41, 5.74) is 0. The van der Waals surface area contributed by atoms with E-state index in [2.05, 4.69) is 39.6 Å². The average molecular weight is 479 g/mol. The SMILES string of the molecule is CCOC(C)c1noc(CNC(=NC)NC2CCC(C(C)C)CC2)n1.I. The van der Waals surface area contributed by atoms with Crippen LogP contribution in [0.4, 0.5) is 0 Å². The fourth-order valence-electron chi connectivity index (χ4n) is 3.31. The molecule has 0 saturated heterocycles. The van der Waals surface area contributed by atoms with Crippen molar-refractivity contribution in [2.45, 2.75) is 72.1 Å². The Labute approximate surface area is 174 Å². The number of hydrogen-bond donors (Lipinski definition) is 2. The number of aliphatic imine (C=N–C) groups is 1. The number of nitrogens with zero attached hydrogens (tertiary/aromatic N) is 3.